The number of nitrogens with zero attached hydrogens (tertiary/aromatic N) is 3. The van der Waals surface area contributed by atoms with Crippen molar-refractivity contribution in [3.05, 3.63) is 47.4 Å². The first-order chi connectivity index (χ1) is 15.4. The average Bonchev–Trinajstić information content (AvgIpc) is 3.17. The van der Waals surface area contributed by atoms with E-state index in [1.54, 1.807) is 25.1 Å². The Morgan fingerprint density at radius 3 is 2.84 bits per heavy atom. The first kappa shape index (κ1) is 21.9. The summed E-state index contributed by atoms with van der Waals surface area (Å²) in [6.45, 7) is 4.63. The normalized spacial score (nSPS) is 16.9. The molecule has 1 unspecified atom stereocenters. The first-order valence-corrected chi connectivity index (χ1v) is 10.7. The number of nitrogens with two attached hydrogens (primary N) is 1. The number of carbonyl (C=O) groups excluding carboxylic acids is 2. The molecule has 0 radical (unpaired) electrons. The summed E-state index contributed by atoms with van der Waals surface area (Å²) in [6, 6.07) is 7.57. The number of benzene rings is 1. The summed E-state index contributed by atoms with van der Waals surface area (Å²) in [5, 5.41) is 7.46. The minimum Gasteiger partial charge on any atom is -0.369 e. The first-order valence-electron chi connectivity index (χ1n) is 10.7. The summed E-state index contributed by atoms with van der Waals surface area (Å²) >= 11 is 0. The molecule has 0 aliphatic carbocycles. The minimum atomic E-state index is -0.348. The van der Waals surface area contributed by atoms with Crippen LogP contribution in [0.25, 0.3) is 22.4 Å². The van der Waals surface area contributed by atoms with E-state index in [-0.39, 0.29) is 29.3 Å². The molecule has 1 aliphatic rings. The average molecular weight is 439 g/mol. The van der Waals surface area contributed by atoms with Crippen molar-refractivity contribution in [2.75, 3.05) is 26.2 Å². The highest BCUT2D eigenvalue weighted by Crippen LogP contribution is 2.27. The van der Waals surface area contributed by atoms with Gasteiger partial charge in [-0.2, -0.15) is 0 Å². The molecule has 32 heavy (non-hydrogen) atoms. The second kappa shape index (κ2) is 9.44. The maximum absolute atomic E-state index is 13.3. The Morgan fingerprint density at radius 1 is 1.31 bits per heavy atom. The van der Waals surface area contributed by atoms with E-state index < -0.39 is 0 Å². The zero-order valence-corrected chi connectivity index (χ0v) is 17.9. The molecular weight excluding hydrogens is 413 g/mol. The van der Waals surface area contributed by atoms with Crippen molar-refractivity contribution in [2.45, 2.75) is 26.2 Å². The van der Waals surface area contributed by atoms with Crippen molar-refractivity contribution in [1.29, 1.82) is 0 Å². The Morgan fingerprint density at radius 2 is 2.09 bits per heavy atom. The van der Waals surface area contributed by atoms with Gasteiger partial charge < -0.3 is 20.5 Å². The molecule has 8 nitrogen and oxygen atoms in total. The topological polar surface area (TPSA) is 114 Å². The monoisotopic (exact) mass is 439 g/mol. The molecule has 0 spiro atoms. The van der Waals surface area contributed by atoms with Crippen molar-refractivity contribution in [3.63, 3.8) is 0 Å². The lowest BCUT2D eigenvalue weighted by molar-refractivity contribution is -0.123. The van der Waals surface area contributed by atoms with Crippen LogP contribution in [0.5, 0.6) is 0 Å². The van der Waals surface area contributed by atoms with E-state index in [1.165, 1.54) is 12.1 Å². The second-order valence-electron chi connectivity index (χ2n) is 8.16. The van der Waals surface area contributed by atoms with Crippen molar-refractivity contribution in [1.82, 2.24) is 20.4 Å². The number of halogens is 1. The smallest absolute Gasteiger partial charge is 0.259 e. The zero-order valence-electron chi connectivity index (χ0n) is 17.9. The molecule has 2 amide bonds. The van der Waals surface area contributed by atoms with Gasteiger partial charge in [0.1, 0.15) is 5.82 Å². The van der Waals surface area contributed by atoms with Crippen LogP contribution in [0.15, 0.2) is 34.9 Å². The van der Waals surface area contributed by atoms with Crippen LogP contribution in [0.3, 0.4) is 0 Å². The number of aryl methyl sites for hydroxylation is 1. The number of primary amides is 1. The number of hydrogen-bond acceptors (Lipinski definition) is 6. The zero-order chi connectivity index (χ0) is 22.7. The molecule has 9 heteroatoms. The number of carbonyl (C=O) groups is 2. The quantitative estimate of drug-likeness (QED) is 0.547. The number of pyridine rings is 1. The van der Waals surface area contributed by atoms with Crippen LogP contribution in [-0.2, 0) is 4.79 Å². The molecular formula is C23H26FN5O3. The molecule has 4 rings (SSSR count). The molecule has 3 aromatic rings. The molecule has 0 bridgehead atoms. The third-order valence-electron chi connectivity index (χ3n) is 5.85. The van der Waals surface area contributed by atoms with E-state index in [0.717, 1.165) is 32.4 Å². The summed E-state index contributed by atoms with van der Waals surface area (Å²) in [5.74, 6) is -0.935. The van der Waals surface area contributed by atoms with Gasteiger partial charge in [0.05, 0.1) is 28.3 Å². The fourth-order valence-corrected chi connectivity index (χ4v) is 4.13. The van der Waals surface area contributed by atoms with Crippen LogP contribution in [0.2, 0.25) is 0 Å². The highest BCUT2D eigenvalue weighted by molar-refractivity contribution is 6.07. The van der Waals surface area contributed by atoms with Gasteiger partial charge >= 0.3 is 0 Å². The fraction of sp³-hybridized carbons (Fsp3) is 0.391. The highest BCUT2D eigenvalue weighted by Gasteiger charge is 2.24. The van der Waals surface area contributed by atoms with Crippen molar-refractivity contribution >= 4 is 22.9 Å². The van der Waals surface area contributed by atoms with Crippen LogP contribution in [0.1, 0.15) is 35.3 Å². The van der Waals surface area contributed by atoms with Crippen molar-refractivity contribution < 1.29 is 18.5 Å². The predicted molar refractivity (Wildman–Crippen MR) is 117 cm³/mol. The number of hydrogen-bond donors (Lipinski definition) is 2. The number of fused-ring (bicyclic) bond motifs is 1. The molecule has 0 saturated carbocycles. The largest absolute Gasteiger partial charge is 0.369 e. The van der Waals surface area contributed by atoms with E-state index in [4.69, 9.17) is 10.3 Å². The van der Waals surface area contributed by atoms with Crippen LogP contribution < -0.4 is 11.1 Å². The van der Waals surface area contributed by atoms with Crippen LogP contribution in [0.4, 0.5) is 4.39 Å². The number of piperidine rings is 1. The standard InChI is InChI=1S/C23H26FN5O3/c1-14-20-18(12-19(27-23(20)32-28-14)15-5-7-17(24)8-6-15)22(31)26-9-3-11-29-10-2-4-16(13-29)21(25)30/h5-8,12,16H,2-4,9-11,13H2,1H3,(H2,25,30)(H,26,31). The van der Waals surface area contributed by atoms with Crippen LogP contribution in [-0.4, -0.2) is 53.0 Å². The Balaban J connectivity index is 1.44. The molecule has 168 valence electrons. The molecule has 1 fully saturated rings. The maximum Gasteiger partial charge on any atom is 0.259 e. The van der Waals surface area contributed by atoms with Gasteiger partial charge in [0.25, 0.3) is 11.6 Å². The van der Waals surface area contributed by atoms with Gasteiger partial charge in [-0.05, 0) is 69.6 Å². The lowest BCUT2D eigenvalue weighted by Gasteiger charge is -2.31. The van der Waals surface area contributed by atoms with Gasteiger partial charge in [-0.15, -0.1) is 0 Å². The van der Waals surface area contributed by atoms with Crippen molar-refractivity contribution in [3.8, 4) is 11.3 Å². The highest BCUT2D eigenvalue weighted by atomic mass is 19.1. The summed E-state index contributed by atoms with van der Waals surface area (Å²) in [6.07, 6.45) is 2.54. The molecule has 1 saturated heterocycles. The maximum atomic E-state index is 13.3. The van der Waals surface area contributed by atoms with E-state index in [1.807, 2.05) is 0 Å². The van der Waals surface area contributed by atoms with Gasteiger partial charge in [-0.25, -0.2) is 9.37 Å². The number of rotatable bonds is 7. The van der Waals surface area contributed by atoms with Crippen LogP contribution in [0, 0.1) is 18.7 Å². The molecule has 1 atom stereocenters. The Kier molecular flexibility index (Phi) is 6.45. The van der Waals surface area contributed by atoms with E-state index in [9.17, 15) is 14.0 Å². The van der Waals surface area contributed by atoms with E-state index in [0.29, 0.717) is 41.0 Å². The predicted octanol–water partition coefficient (Wildman–Crippen LogP) is 2.65. The molecule has 1 aliphatic heterocycles. The van der Waals surface area contributed by atoms with Gasteiger partial charge in [-0.1, -0.05) is 5.16 Å². The summed E-state index contributed by atoms with van der Waals surface area (Å²) in [7, 11) is 0. The number of likely N-dealkylation sites (tertiary alicyclic amines) is 1. The fourth-order valence-electron chi connectivity index (χ4n) is 4.13. The minimum absolute atomic E-state index is 0.0927. The summed E-state index contributed by atoms with van der Waals surface area (Å²) in [5.41, 5.74) is 7.87. The summed E-state index contributed by atoms with van der Waals surface area (Å²) < 4.78 is 18.6. The SMILES string of the molecule is Cc1noc2nc(-c3ccc(F)cc3)cc(C(=O)NCCCN3CCCC(C(N)=O)C3)c12. The van der Waals surface area contributed by atoms with Gasteiger partial charge in [0.15, 0.2) is 0 Å². The van der Waals surface area contributed by atoms with E-state index in [2.05, 4.69) is 20.4 Å². The van der Waals surface area contributed by atoms with Crippen molar-refractivity contribution in [2.24, 2.45) is 11.7 Å². The molecule has 1 aromatic carbocycles. The van der Waals surface area contributed by atoms with E-state index >= 15 is 0 Å². The van der Waals surface area contributed by atoms with Gasteiger partial charge in [0, 0.05) is 18.7 Å². The molecule has 2 aromatic heterocycles. The Bertz CT molecular complexity index is 1130. The Hall–Kier alpha value is -3.33. The number of nitrogens with one attached hydrogen (secondary N) is 1. The van der Waals surface area contributed by atoms with Gasteiger partial charge in [0.2, 0.25) is 5.91 Å². The second-order valence-corrected chi connectivity index (χ2v) is 8.16. The third-order valence-corrected chi connectivity index (χ3v) is 5.85. The Labute approximate surface area is 185 Å². The van der Waals surface area contributed by atoms with Gasteiger partial charge in [-0.3, -0.25) is 9.59 Å². The molecule has 3 N–H and O–H groups in total. The number of aromatic nitrogens is 2. The molecule has 3 heterocycles. The number of amides is 2. The lowest BCUT2D eigenvalue weighted by atomic mass is 9.97. The van der Waals surface area contributed by atoms with Crippen LogP contribution >= 0.6 is 0 Å². The summed E-state index contributed by atoms with van der Waals surface area (Å²) in [4.78, 5) is 31.1. The lowest BCUT2D eigenvalue weighted by Crippen LogP contribution is -2.42. The third kappa shape index (κ3) is 4.77.